The number of anilines is 1. The Morgan fingerprint density at radius 1 is 1.10 bits per heavy atom. The molecule has 106 valence electrons. The molecule has 1 N–H and O–H groups in total. The molecule has 1 atom stereocenters. The summed E-state index contributed by atoms with van der Waals surface area (Å²) in [6.45, 7) is 0. The highest BCUT2D eigenvalue weighted by Crippen LogP contribution is 2.15. The largest absolute Gasteiger partial charge is 0.382 e. The molecule has 1 aliphatic heterocycles. The maximum absolute atomic E-state index is 11.9. The van der Waals surface area contributed by atoms with Gasteiger partial charge in [-0.3, -0.25) is 4.79 Å². The van der Waals surface area contributed by atoms with Gasteiger partial charge in [-0.25, -0.2) is 0 Å². The van der Waals surface area contributed by atoms with Gasteiger partial charge < -0.3 is 10.2 Å². The number of nitrogens with one attached hydrogen (secondary N) is 1. The Bertz CT molecular complexity index is 628. The Morgan fingerprint density at radius 3 is 2.48 bits per heavy atom. The van der Waals surface area contributed by atoms with E-state index in [1.165, 1.54) is 11.1 Å². The monoisotopic (exact) mass is 280 g/mol. The molecule has 0 spiro atoms. The lowest BCUT2D eigenvalue weighted by Crippen LogP contribution is -2.27. The van der Waals surface area contributed by atoms with Crippen LogP contribution in [0.2, 0.25) is 0 Å². The Morgan fingerprint density at radius 2 is 1.81 bits per heavy atom. The van der Waals surface area contributed by atoms with Gasteiger partial charge in [-0.1, -0.05) is 47.6 Å². The van der Waals surface area contributed by atoms with E-state index in [0.29, 0.717) is 6.42 Å². The first-order valence-corrected chi connectivity index (χ1v) is 6.92. The van der Waals surface area contributed by atoms with Crippen LogP contribution in [0.4, 0.5) is 5.69 Å². The molecule has 3 rings (SSSR count). The van der Waals surface area contributed by atoms with Crippen LogP contribution < -0.4 is 5.32 Å². The number of hydrogen-bond donors (Lipinski definition) is 1. The average Bonchev–Trinajstić information content (AvgIpc) is 3.05. The van der Waals surface area contributed by atoms with Gasteiger partial charge in [0.05, 0.1) is 0 Å². The van der Waals surface area contributed by atoms with Crippen LogP contribution in [0.25, 0.3) is 0 Å². The van der Waals surface area contributed by atoms with Gasteiger partial charge in [-0.15, -0.1) is 0 Å². The molecule has 4 heteroatoms. The number of oxime groups is 1. The predicted molar refractivity (Wildman–Crippen MR) is 82.3 cm³/mol. The SMILES string of the molecule is O=C(Nc1ccc(Cc2ccccc2)cc1)C1CC=NO1. The third kappa shape index (κ3) is 3.48. The average molecular weight is 280 g/mol. The third-order valence-electron chi connectivity index (χ3n) is 3.35. The lowest BCUT2D eigenvalue weighted by atomic mass is 10.0. The fourth-order valence-electron chi connectivity index (χ4n) is 2.21. The number of benzene rings is 2. The van der Waals surface area contributed by atoms with Gasteiger partial charge in [-0.2, -0.15) is 0 Å². The number of hydrogen-bond acceptors (Lipinski definition) is 3. The molecule has 1 amide bonds. The summed E-state index contributed by atoms with van der Waals surface area (Å²) in [4.78, 5) is 16.8. The van der Waals surface area contributed by atoms with Crippen molar-refractivity contribution >= 4 is 17.8 Å². The number of amides is 1. The van der Waals surface area contributed by atoms with Crippen molar-refractivity contribution in [2.75, 3.05) is 5.32 Å². The van der Waals surface area contributed by atoms with E-state index >= 15 is 0 Å². The Hall–Kier alpha value is -2.62. The minimum Gasteiger partial charge on any atom is -0.382 e. The minimum atomic E-state index is -0.506. The molecule has 1 heterocycles. The molecule has 1 aliphatic rings. The van der Waals surface area contributed by atoms with E-state index in [-0.39, 0.29) is 5.91 Å². The van der Waals surface area contributed by atoms with E-state index in [1.54, 1.807) is 6.21 Å². The molecule has 0 aliphatic carbocycles. The lowest BCUT2D eigenvalue weighted by molar-refractivity contribution is -0.125. The first-order valence-electron chi connectivity index (χ1n) is 6.92. The summed E-state index contributed by atoms with van der Waals surface area (Å²) in [5.41, 5.74) is 3.25. The van der Waals surface area contributed by atoms with Crippen LogP contribution in [-0.2, 0) is 16.1 Å². The highest BCUT2D eigenvalue weighted by Gasteiger charge is 2.22. The summed E-state index contributed by atoms with van der Waals surface area (Å²) >= 11 is 0. The second kappa shape index (κ2) is 6.22. The van der Waals surface area contributed by atoms with Crippen molar-refractivity contribution in [2.45, 2.75) is 18.9 Å². The van der Waals surface area contributed by atoms with Crippen molar-refractivity contribution in [3.63, 3.8) is 0 Å². The first-order chi connectivity index (χ1) is 10.3. The molecule has 2 aromatic carbocycles. The van der Waals surface area contributed by atoms with Gasteiger partial charge >= 0.3 is 0 Å². The minimum absolute atomic E-state index is 0.164. The van der Waals surface area contributed by atoms with Crippen LogP contribution in [0.3, 0.4) is 0 Å². The van der Waals surface area contributed by atoms with Crippen molar-refractivity contribution in [3.8, 4) is 0 Å². The number of nitrogens with zero attached hydrogens (tertiary/aromatic N) is 1. The van der Waals surface area contributed by atoms with Gasteiger partial charge in [-0.05, 0) is 29.7 Å². The standard InChI is InChI=1S/C17H16N2O2/c20-17(16-10-11-18-21-16)19-15-8-6-14(7-9-15)12-13-4-2-1-3-5-13/h1-9,11,16H,10,12H2,(H,19,20). The van der Waals surface area contributed by atoms with Gasteiger partial charge in [0.1, 0.15) is 0 Å². The molecule has 0 saturated carbocycles. The molecule has 0 saturated heterocycles. The molecule has 21 heavy (non-hydrogen) atoms. The van der Waals surface area contributed by atoms with E-state index < -0.39 is 6.10 Å². The second-order valence-corrected chi connectivity index (χ2v) is 4.97. The maximum atomic E-state index is 11.9. The van der Waals surface area contributed by atoms with Crippen molar-refractivity contribution in [1.29, 1.82) is 0 Å². The zero-order valence-corrected chi connectivity index (χ0v) is 11.5. The highest BCUT2D eigenvalue weighted by atomic mass is 16.6. The normalized spacial score (nSPS) is 16.5. The molecule has 0 fully saturated rings. The van der Waals surface area contributed by atoms with Gasteiger partial charge in [0.2, 0.25) is 6.10 Å². The zero-order chi connectivity index (χ0) is 14.5. The van der Waals surface area contributed by atoms with Crippen LogP contribution in [0.1, 0.15) is 17.5 Å². The smallest absolute Gasteiger partial charge is 0.268 e. The highest BCUT2D eigenvalue weighted by molar-refractivity contribution is 5.96. The summed E-state index contributed by atoms with van der Waals surface area (Å²) in [6.07, 6.45) is 2.51. The van der Waals surface area contributed by atoms with Crippen molar-refractivity contribution in [3.05, 3.63) is 65.7 Å². The fraction of sp³-hybridized carbons (Fsp3) is 0.176. The van der Waals surface area contributed by atoms with Crippen LogP contribution in [0.15, 0.2) is 59.8 Å². The number of carbonyl (C=O) groups is 1. The van der Waals surface area contributed by atoms with E-state index in [2.05, 4.69) is 22.6 Å². The summed E-state index contributed by atoms with van der Waals surface area (Å²) in [6, 6.07) is 18.2. The van der Waals surface area contributed by atoms with Gasteiger partial charge in [0.25, 0.3) is 5.91 Å². The Labute approximate surface area is 123 Å². The summed E-state index contributed by atoms with van der Waals surface area (Å²) in [5.74, 6) is -0.164. The third-order valence-corrected chi connectivity index (χ3v) is 3.35. The molecular formula is C17H16N2O2. The maximum Gasteiger partial charge on any atom is 0.268 e. The van der Waals surface area contributed by atoms with Gasteiger partial charge in [0.15, 0.2) is 0 Å². The number of carbonyl (C=O) groups excluding carboxylic acids is 1. The second-order valence-electron chi connectivity index (χ2n) is 4.97. The number of rotatable bonds is 4. The van der Waals surface area contributed by atoms with Crippen molar-refractivity contribution in [2.24, 2.45) is 5.16 Å². The predicted octanol–water partition coefficient (Wildman–Crippen LogP) is 2.99. The van der Waals surface area contributed by atoms with E-state index in [4.69, 9.17) is 4.84 Å². The van der Waals surface area contributed by atoms with Crippen LogP contribution in [-0.4, -0.2) is 18.2 Å². The summed E-state index contributed by atoms with van der Waals surface area (Å²) in [5, 5.41) is 6.43. The van der Waals surface area contributed by atoms with E-state index in [9.17, 15) is 4.79 Å². The van der Waals surface area contributed by atoms with Crippen molar-refractivity contribution in [1.82, 2.24) is 0 Å². The topological polar surface area (TPSA) is 50.7 Å². The summed E-state index contributed by atoms with van der Waals surface area (Å²) < 4.78 is 0. The van der Waals surface area contributed by atoms with Crippen LogP contribution in [0.5, 0.6) is 0 Å². The first kappa shape index (κ1) is 13.4. The van der Waals surface area contributed by atoms with Crippen LogP contribution >= 0.6 is 0 Å². The quantitative estimate of drug-likeness (QED) is 0.936. The molecule has 1 unspecified atom stereocenters. The molecule has 0 radical (unpaired) electrons. The van der Waals surface area contributed by atoms with Gasteiger partial charge in [0, 0.05) is 18.3 Å². The molecule has 0 aromatic heterocycles. The fourth-order valence-corrected chi connectivity index (χ4v) is 2.21. The van der Waals surface area contributed by atoms with E-state index in [1.807, 2.05) is 42.5 Å². The Balaban J connectivity index is 1.60. The lowest BCUT2D eigenvalue weighted by Gasteiger charge is -2.10. The van der Waals surface area contributed by atoms with Crippen LogP contribution in [0, 0.1) is 0 Å². The Kier molecular flexibility index (Phi) is 3.96. The molecule has 2 aromatic rings. The van der Waals surface area contributed by atoms with E-state index in [0.717, 1.165) is 12.1 Å². The molecule has 4 nitrogen and oxygen atoms in total. The molecule has 0 bridgehead atoms. The summed E-state index contributed by atoms with van der Waals surface area (Å²) in [7, 11) is 0. The zero-order valence-electron chi connectivity index (χ0n) is 11.5. The van der Waals surface area contributed by atoms with Crippen molar-refractivity contribution < 1.29 is 9.63 Å². The molecular weight excluding hydrogens is 264 g/mol.